The van der Waals surface area contributed by atoms with Gasteiger partial charge in [0.1, 0.15) is 5.78 Å². The van der Waals surface area contributed by atoms with E-state index in [-0.39, 0.29) is 17.5 Å². The van der Waals surface area contributed by atoms with Gasteiger partial charge in [0.25, 0.3) is 5.91 Å². The first kappa shape index (κ1) is 17.6. The van der Waals surface area contributed by atoms with Crippen LogP contribution in [0, 0.1) is 0 Å². The van der Waals surface area contributed by atoms with E-state index >= 15 is 0 Å². The molecule has 25 heavy (non-hydrogen) atoms. The van der Waals surface area contributed by atoms with E-state index in [1.807, 2.05) is 12.1 Å². The molecule has 0 aromatic heterocycles. The van der Waals surface area contributed by atoms with E-state index in [1.165, 1.54) is 0 Å². The van der Waals surface area contributed by atoms with Crippen LogP contribution in [0.25, 0.3) is 0 Å². The third kappa shape index (κ3) is 3.46. The smallest absolute Gasteiger partial charge is 0.255 e. The summed E-state index contributed by atoms with van der Waals surface area (Å²) in [5.74, 6) is 0.218. The zero-order valence-electron chi connectivity index (χ0n) is 15.1. The molecular weight excluding hydrogens is 316 g/mol. The lowest BCUT2D eigenvalue weighted by molar-refractivity contribution is -0.126. The minimum Gasteiger partial charge on any atom is -0.372 e. The SMILES string of the molecule is CCN(CC)c1ccc2c(c1)CN(C1CCC(=O)CCCC1=O)C2=O. The van der Waals surface area contributed by atoms with Gasteiger partial charge in [0, 0.05) is 50.1 Å². The number of hydrogen-bond acceptors (Lipinski definition) is 4. The minimum absolute atomic E-state index is 0.0764. The Balaban J connectivity index is 1.83. The van der Waals surface area contributed by atoms with Crippen molar-refractivity contribution in [2.45, 2.75) is 58.5 Å². The molecular formula is C20H26N2O3. The molecule has 0 spiro atoms. The first-order chi connectivity index (χ1) is 12.0. The molecule has 1 aromatic carbocycles. The van der Waals surface area contributed by atoms with Crippen LogP contribution in [0.4, 0.5) is 5.69 Å². The summed E-state index contributed by atoms with van der Waals surface area (Å²) < 4.78 is 0. The van der Waals surface area contributed by atoms with Gasteiger partial charge in [-0.15, -0.1) is 0 Å². The van der Waals surface area contributed by atoms with Crippen LogP contribution in [0.2, 0.25) is 0 Å². The largest absolute Gasteiger partial charge is 0.372 e. The number of hydrogen-bond donors (Lipinski definition) is 0. The van der Waals surface area contributed by atoms with Gasteiger partial charge in [-0.2, -0.15) is 0 Å². The Kier molecular flexibility index (Phi) is 5.21. The van der Waals surface area contributed by atoms with Gasteiger partial charge in [0.15, 0.2) is 5.78 Å². The highest BCUT2D eigenvalue weighted by Gasteiger charge is 2.36. The van der Waals surface area contributed by atoms with Crippen LogP contribution in [0.1, 0.15) is 61.9 Å². The van der Waals surface area contributed by atoms with E-state index < -0.39 is 6.04 Å². The fraction of sp³-hybridized carbons (Fsp3) is 0.550. The third-order valence-electron chi connectivity index (χ3n) is 5.37. The monoisotopic (exact) mass is 342 g/mol. The highest BCUT2D eigenvalue weighted by molar-refractivity contribution is 6.02. The second-order valence-electron chi connectivity index (χ2n) is 6.86. The van der Waals surface area contributed by atoms with Crippen LogP contribution >= 0.6 is 0 Å². The van der Waals surface area contributed by atoms with Gasteiger partial charge < -0.3 is 9.80 Å². The average molecular weight is 342 g/mol. The van der Waals surface area contributed by atoms with Gasteiger partial charge in [0.2, 0.25) is 0 Å². The molecule has 5 heteroatoms. The first-order valence-corrected chi connectivity index (χ1v) is 9.28. The fourth-order valence-corrected chi connectivity index (χ4v) is 3.91. The number of carbonyl (C=O) groups is 3. The average Bonchev–Trinajstić information content (AvgIpc) is 2.91. The lowest BCUT2D eigenvalue weighted by Crippen LogP contribution is -2.42. The van der Waals surface area contributed by atoms with Gasteiger partial charge in [-0.1, -0.05) is 0 Å². The number of fused-ring (bicyclic) bond motifs is 1. The summed E-state index contributed by atoms with van der Waals surface area (Å²) in [6, 6.07) is 5.47. The van der Waals surface area contributed by atoms with E-state index in [2.05, 4.69) is 24.8 Å². The van der Waals surface area contributed by atoms with Crippen molar-refractivity contribution in [2.75, 3.05) is 18.0 Å². The van der Waals surface area contributed by atoms with Crippen LogP contribution in [0.5, 0.6) is 0 Å². The summed E-state index contributed by atoms with van der Waals surface area (Å²) in [5, 5.41) is 0. The van der Waals surface area contributed by atoms with Crippen molar-refractivity contribution >= 4 is 23.2 Å². The lowest BCUT2D eigenvalue weighted by Gasteiger charge is -2.27. The van der Waals surface area contributed by atoms with Gasteiger partial charge in [-0.3, -0.25) is 14.4 Å². The molecule has 0 bridgehead atoms. The van der Waals surface area contributed by atoms with Crippen LogP contribution in [-0.2, 0) is 16.1 Å². The molecule has 1 aliphatic carbocycles. The molecule has 0 radical (unpaired) electrons. The molecule has 134 valence electrons. The third-order valence-corrected chi connectivity index (χ3v) is 5.37. The summed E-state index contributed by atoms with van der Waals surface area (Å²) >= 11 is 0. The summed E-state index contributed by atoms with van der Waals surface area (Å²) in [6.07, 6.45) is 2.33. The van der Waals surface area contributed by atoms with Crippen molar-refractivity contribution < 1.29 is 14.4 Å². The van der Waals surface area contributed by atoms with E-state index in [1.54, 1.807) is 4.90 Å². The topological polar surface area (TPSA) is 57.7 Å². The van der Waals surface area contributed by atoms with Crippen molar-refractivity contribution in [1.82, 2.24) is 4.90 Å². The number of ketones is 2. The molecule has 1 heterocycles. The summed E-state index contributed by atoms with van der Waals surface area (Å²) in [4.78, 5) is 41.0. The van der Waals surface area contributed by atoms with Crippen molar-refractivity contribution in [3.63, 3.8) is 0 Å². The molecule has 1 unspecified atom stereocenters. The number of anilines is 1. The number of amides is 1. The highest BCUT2D eigenvalue weighted by Crippen LogP contribution is 2.31. The van der Waals surface area contributed by atoms with E-state index in [0.717, 1.165) is 24.3 Å². The number of nitrogens with zero attached hydrogens (tertiary/aromatic N) is 2. The maximum absolute atomic E-state index is 12.8. The lowest BCUT2D eigenvalue weighted by atomic mass is 9.94. The van der Waals surface area contributed by atoms with Gasteiger partial charge in [-0.05, 0) is 50.5 Å². The number of benzene rings is 1. The summed E-state index contributed by atoms with van der Waals surface area (Å²) in [5.41, 5.74) is 2.78. The van der Waals surface area contributed by atoms with Gasteiger partial charge in [-0.25, -0.2) is 0 Å². The van der Waals surface area contributed by atoms with E-state index in [0.29, 0.717) is 44.2 Å². The molecule has 2 aliphatic rings. The van der Waals surface area contributed by atoms with Crippen molar-refractivity contribution in [1.29, 1.82) is 0 Å². The Morgan fingerprint density at radius 1 is 1.08 bits per heavy atom. The van der Waals surface area contributed by atoms with Gasteiger partial charge in [0.05, 0.1) is 6.04 Å². The molecule has 1 atom stereocenters. The quantitative estimate of drug-likeness (QED) is 0.844. The number of carbonyl (C=O) groups excluding carboxylic acids is 3. The maximum Gasteiger partial charge on any atom is 0.255 e. The maximum atomic E-state index is 12.8. The van der Waals surface area contributed by atoms with Crippen molar-refractivity contribution in [3.05, 3.63) is 29.3 Å². The Labute approximate surface area is 149 Å². The highest BCUT2D eigenvalue weighted by atomic mass is 16.2. The predicted molar refractivity (Wildman–Crippen MR) is 96.8 cm³/mol. The number of Topliss-reactive ketones (excluding diaryl/α,β-unsaturated/α-hetero) is 2. The molecule has 1 amide bonds. The molecule has 0 N–H and O–H groups in total. The fourth-order valence-electron chi connectivity index (χ4n) is 3.91. The molecule has 1 aromatic rings. The van der Waals surface area contributed by atoms with Crippen LogP contribution < -0.4 is 4.90 Å². The van der Waals surface area contributed by atoms with E-state index in [9.17, 15) is 14.4 Å². The standard InChI is InChI=1S/C20H26N2O3/c1-3-21(4-2)15-8-10-17-14(12-15)13-22(20(17)25)18-11-9-16(23)6-5-7-19(18)24/h8,10,12,18H,3-7,9,11,13H2,1-2H3. The predicted octanol–water partition coefficient (Wildman–Crippen LogP) is 2.96. The Bertz CT molecular complexity index is 694. The molecule has 0 saturated heterocycles. The van der Waals surface area contributed by atoms with Crippen LogP contribution in [0.3, 0.4) is 0 Å². The molecule has 1 saturated carbocycles. The Morgan fingerprint density at radius 3 is 2.56 bits per heavy atom. The molecule has 3 rings (SSSR count). The Hall–Kier alpha value is -2.17. The van der Waals surface area contributed by atoms with Gasteiger partial charge >= 0.3 is 0 Å². The second kappa shape index (κ2) is 7.38. The van der Waals surface area contributed by atoms with E-state index in [4.69, 9.17) is 0 Å². The molecule has 1 aliphatic heterocycles. The van der Waals surface area contributed by atoms with Crippen molar-refractivity contribution in [2.24, 2.45) is 0 Å². The molecule has 5 nitrogen and oxygen atoms in total. The van der Waals surface area contributed by atoms with Crippen LogP contribution in [0.15, 0.2) is 18.2 Å². The molecule has 1 fully saturated rings. The summed E-state index contributed by atoms with van der Waals surface area (Å²) in [7, 11) is 0. The zero-order valence-corrected chi connectivity index (χ0v) is 15.1. The summed E-state index contributed by atoms with van der Waals surface area (Å²) in [6.45, 7) is 6.51. The second-order valence-corrected chi connectivity index (χ2v) is 6.86. The van der Waals surface area contributed by atoms with Crippen molar-refractivity contribution in [3.8, 4) is 0 Å². The zero-order chi connectivity index (χ0) is 18.0. The van der Waals surface area contributed by atoms with Crippen LogP contribution in [-0.4, -0.2) is 41.5 Å². The first-order valence-electron chi connectivity index (χ1n) is 9.28. The number of rotatable bonds is 4. The minimum atomic E-state index is -0.457. The normalized spacial score (nSPS) is 21.1. The Morgan fingerprint density at radius 2 is 1.84 bits per heavy atom.